The lowest BCUT2D eigenvalue weighted by atomic mass is 10.2. The van der Waals surface area contributed by atoms with Crippen molar-refractivity contribution in [2.75, 3.05) is 19.6 Å². The molecule has 1 amide bonds. The zero-order chi connectivity index (χ0) is 9.84. The molecule has 1 heterocycles. The van der Waals surface area contributed by atoms with Gasteiger partial charge in [0.2, 0.25) is 5.91 Å². The molecule has 1 aliphatic heterocycles. The van der Waals surface area contributed by atoms with Crippen LogP contribution >= 0.6 is 0 Å². The van der Waals surface area contributed by atoms with Crippen LogP contribution in [0.25, 0.3) is 0 Å². The Morgan fingerprint density at radius 2 is 2.08 bits per heavy atom. The summed E-state index contributed by atoms with van der Waals surface area (Å²) in [5.74, 6) is 2.99. The molecule has 1 fully saturated rings. The molecule has 0 saturated carbocycles. The molecule has 13 heavy (non-hydrogen) atoms. The molecule has 1 rings (SSSR count). The van der Waals surface area contributed by atoms with Crippen LogP contribution < -0.4 is 0 Å². The van der Waals surface area contributed by atoms with Crippen molar-refractivity contribution in [3.05, 3.63) is 0 Å². The van der Waals surface area contributed by atoms with Gasteiger partial charge in [-0.15, -0.1) is 0 Å². The van der Waals surface area contributed by atoms with Gasteiger partial charge in [-0.05, 0) is 20.8 Å². The fraction of sp³-hybridized carbons (Fsp3) is 0.700. The molecule has 1 saturated heterocycles. The summed E-state index contributed by atoms with van der Waals surface area (Å²) in [5.41, 5.74) is 0. The molecule has 0 atom stereocenters. The fourth-order valence-electron chi connectivity index (χ4n) is 1.49. The van der Waals surface area contributed by atoms with E-state index in [9.17, 15) is 4.79 Å². The molecule has 0 aromatic heterocycles. The first-order valence-corrected chi connectivity index (χ1v) is 4.62. The maximum absolute atomic E-state index is 11.5. The zero-order valence-corrected chi connectivity index (χ0v) is 8.50. The smallest absolute Gasteiger partial charge is 0.243 e. The quantitative estimate of drug-likeness (QED) is 0.549. The fourth-order valence-corrected chi connectivity index (χ4v) is 1.49. The molecule has 0 spiro atoms. The first kappa shape index (κ1) is 9.91. The second-order valence-electron chi connectivity index (χ2n) is 3.46. The highest BCUT2D eigenvalue weighted by atomic mass is 16.2. The molecule has 0 N–H and O–H groups in total. The van der Waals surface area contributed by atoms with Gasteiger partial charge in [-0.2, -0.15) is 0 Å². The number of hydrogen-bond donors (Lipinski definition) is 0. The van der Waals surface area contributed by atoms with Gasteiger partial charge in [0.05, 0.1) is 0 Å². The molecule has 0 aromatic rings. The van der Waals surface area contributed by atoms with Gasteiger partial charge in [0.15, 0.2) is 0 Å². The maximum atomic E-state index is 11.5. The summed E-state index contributed by atoms with van der Waals surface area (Å²) in [6.07, 6.45) is 0. The summed E-state index contributed by atoms with van der Waals surface area (Å²) in [7, 11) is 0. The Hall–Kier alpha value is -1.17. The van der Waals surface area contributed by atoms with Crippen molar-refractivity contribution < 1.29 is 4.79 Å². The monoisotopic (exact) mass is 180 g/mol. The van der Waals surface area contributed by atoms with E-state index < -0.39 is 0 Å². The normalized spacial score (nSPS) is 17.4. The minimum Gasteiger partial charge on any atom is -0.337 e. The van der Waals surface area contributed by atoms with Crippen molar-refractivity contribution in [3.63, 3.8) is 0 Å². The van der Waals surface area contributed by atoms with Crippen LogP contribution in [0.3, 0.4) is 0 Å². The standard InChI is InChI=1S/C10H16N2O/c1-4-5-11-6-7-12(9(2)3)10(13)8-11/h9H,6-8H2,1-3H3. The average molecular weight is 180 g/mol. The Labute approximate surface area is 79.7 Å². The Balaban J connectivity index is 2.55. The second kappa shape index (κ2) is 4.18. The number of carbonyl (C=O) groups excluding carboxylic acids is 1. The number of rotatable bonds is 1. The van der Waals surface area contributed by atoms with Crippen LogP contribution in [0.1, 0.15) is 20.8 Å². The van der Waals surface area contributed by atoms with Crippen LogP contribution in [0.15, 0.2) is 0 Å². The van der Waals surface area contributed by atoms with E-state index >= 15 is 0 Å². The highest BCUT2D eigenvalue weighted by Crippen LogP contribution is 2.05. The van der Waals surface area contributed by atoms with Crippen LogP contribution in [0.4, 0.5) is 0 Å². The van der Waals surface area contributed by atoms with Crippen LogP contribution in [0.2, 0.25) is 0 Å². The largest absolute Gasteiger partial charge is 0.337 e. The average Bonchev–Trinajstić information content (AvgIpc) is 2.04. The van der Waals surface area contributed by atoms with E-state index in [1.54, 1.807) is 6.92 Å². The van der Waals surface area contributed by atoms with Crippen molar-refractivity contribution in [1.29, 1.82) is 0 Å². The molecule has 0 aliphatic carbocycles. The minimum atomic E-state index is 0.184. The summed E-state index contributed by atoms with van der Waals surface area (Å²) in [4.78, 5) is 15.3. The first-order valence-electron chi connectivity index (χ1n) is 4.62. The first-order chi connectivity index (χ1) is 6.15. The predicted octanol–water partition coefficient (Wildman–Crippen LogP) is 0.520. The SMILES string of the molecule is CC#CN1CCN(C(C)C)C(=O)C1. The Morgan fingerprint density at radius 3 is 2.54 bits per heavy atom. The maximum Gasteiger partial charge on any atom is 0.243 e. The summed E-state index contributed by atoms with van der Waals surface area (Å²) >= 11 is 0. The number of amides is 1. The van der Waals surface area contributed by atoms with Crippen LogP contribution in [-0.2, 0) is 4.79 Å². The van der Waals surface area contributed by atoms with Crippen LogP contribution in [0, 0.1) is 12.0 Å². The van der Waals surface area contributed by atoms with Gasteiger partial charge in [-0.1, -0.05) is 5.92 Å². The van der Waals surface area contributed by atoms with Gasteiger partial charge in [-0.25, -0.2) is 0 Å². The Morgan fingerprint density at radius 1 is 1.38 bits per heavy atom. The molecule has 0 unspecified atom stereocenters. The highest BCUT2D eigenvalue weighted by Gasteiger charge is 2.23. The van der Waals surface area contributed by atoms with Crippen molar-refractivity contribution in [2.45, 2.75) is 26.8 Å². The van der Waals surface area contributed by atoms with Gasteiger partial charge in [0.25, 0.3) is 0 Å². The molecular formula is C10H16N2O. The summed E-state index contributed by atoms with van der Waals surface area (Å²) in [6.45, 7) is 7.98. The van der Waals surface area contributed by atoms with Gasteiger partial charge < -0.3 is 9.80 Å². The lowest BCUT2D eigenvalue weighted by Gasteiger charge is -2.34. The lowest BCUT2D eigenvalue weighted by molar-refractivity contribution is -0.136. The van der Waals surface area contributed by atoms with Gasteiger partial charge in [-0.3, -0.25) is 4.79 Å². The van der Waals surface area contributed by atoms with Gasteiger partial charge >= 0.3 is 0 Å². The third-order valence-electron chi connectivity index (χ3n) is 2.15. The van der Waals surface area contributed by atoms with E-state index in [2.05, 4.69) is 12.0 Å². The van der Waals surface area contributed by atoms with E-state index in [1.807, 2.05) is 23.6 Å². The molecular weight excluding hydrogens is 164 g/mol. The molecule has 3 heteroatoms. The summed E-state index contributed by atoms with van der Waals surface area (Å²) in [6, 6.07) is 3.22. The van der Waals surface area contributed by atoms with E-state index in [4.69, 9.17) is 0 Å². The number of nitrogens with zero attached hydrogens (tertiary/aromatic N) is 2. The number of carbonyl (C=O) groups is 1. The van der Waals surface area contributed by atoms with Crippen LogP contribution in [-0.4, -0.2) is 41.4 Å². The molecule has 1 aliphatic rings. The molecule has 0 aromatic carbocycles. The van der Waals surface area contributed by atoms with E-state index in [1.165, 1.54) is 0 Å². The van der Waals surface area contributed by atoms with E-state index in [0.29, 0.717) is 12.6 Å². The predicted molar refractivity (Wildman–Crippen MR) is 51.9 cm³/mol. The number of hydrogen-bond acceptors (Lipinski definition) is 2. The van der Waals surface area contributed by atoms with E-state index in [0.717, 1.165) is 13.1 Å². The van der Waals surface area contributed by atoms with Crippen molar-refractivity contribution in [2.24, 2.45) is 0 Å². The van der Waals surface area contributed by atoms with Gasteiger partial charge in [0.1, 0.15) is 6.54 Å². The van der Waals surface area contributed by atoms with Gasteiger partial charge in [0, 0.05) is 25.2 Å². The second-order valence-corrected chi connectivity index (χ2v) is 3.46. The molecule has 0 bridgehead atoms. The Bertz CT molecular complexity index is 249. The Kier molecular flexibility index (Phi) is 3.18. The lowest BCUT2D eigenvalue weighted by Crippen LogP contribution is -2.51. The van der Waals surface area contributed by atoms with Crippen molar-refractivity contribution >= 4 is 5.91 Å². The van der Waals surface area contributed by atoms with E-state index in [-0.39, 0.29) is 5.91 Å². The highest BCUT2D eigenvalue weighted by molar-refractivity contribution is 5.79. The third-order valence-corrected chi connectivity index (χ3v) is 2.15. The number of piperazine rings is 1. The molecule has 0 radical (unpaired) electrons. The zero-order valence-electron chi connectivity index (χ0n) is 8.50. The third kappa shape index (κ3) is 2.38. The van der Waals surface area contributed by atoms with Crippen molar-refractivity contribution in [1.82, 2.24) is 9.80 Å². The molecule has 3 nitrogen and oxygen atoms in total. The minimum absolute atomic E-state index is 0.184. The summed E-state index contributed by atoms with van der Waals surface area (Å²) < 4.78 is 0. The summed E-state index contributed by atoms with van der Waals surface area (Å²) in [5, 5.41) is 0. The van der Waals surface area contributed by atoms with Crippen molar-refractivity contribution in [3.8, 4) is 12.0 Å². The molecule has 72 valence electrons. The van der Waals surface area contributed by atoms with Crippen LogP contribution in [0.5, 0.6) is 0 Å². The topological polar surface area (TPSA) is 23.6 Å².